The second kappa shape index (κ2) is 15.7. The molecule has 0 unspecified atom stereocenters. The molecule has 5 N–H and O–H groups in total. The van der Waals surface area contributed by atoms with E-state index in [1.54, 1.807) is 17.0 Å². The highest BCUT2D eigenvalue weighted by Crippen LogP contribution is 2.44. The van der Waals surface area contributed by atoms with Crippen LogP contribution in [0.5, 0.6) is 0 Å². The molecule has 1 aromatic carbocycles. The van der Waals surface area contributed by atoms with Gasteiger partial charge < -0.3 is 21.1 Å². The molecule has 2 heterocycles. The van der Waals surface area contributed by atoms with Crippen molar-refractivity contribution < 1.29 is 35.9 Å². The number of unbranched alkanes of at least 4 members (excludes halogenated alkanes) is 2. The van der Waals surface area contributed by atoms with Gasteiger partial charge in [0.15, 0.2) is 12.1 Å². The number of halogens is 7. The van der Waals surface area contributed by atoms with Crippen LogP contribution in [0.1, 0.15) is 59.6 Å². The van der Waals surface area contributed by atoms with Crippen LogP contribution >= 0.6 is 11.6 Å². The number of alkyl halides is 5. The number of ether oxygens (including phenoxy) is 1. The summed E-state index contributed by atoms with van der Waals surface area (Å²) in [4.78, 5) is 36.7. The molecule has 4 rings (SSSR count). The summed E-state index contributed by atoms with van der Waals surface area (Å²) >= 11 is 6.22. The Morgan fingerprint density at radius 2 is 1.91 bits per heavy atom. The van der Waals surface area contributed by atoms with Crippen molar-refractivity contribution in [3.63, 3.8) is 0 Å². The summed E-state index contributed by atoms with van der Waals surface area (Å²) in [5, 5.41) is 5.02. The van der Waals surface area contributed by atoms with Crippen LogP contribution in [0.3, 0.4) is 0 Å². The molecule has 0 atom stereocenters. The average molecular weight is 663 g/mol. The molecule has 11 nitrogen and oxygen atoms in total. The first-order valence-electron chi connectivity index (χ1n) is 13.4. The second-order valence-electron chi connectivity index (χ2n) is 9.86. The lowest BCUT2D eigenvalue weighted by Gasteiger charge is -2.13. The van der Waals surface area contributed by atoms with Crippen molar-refractivity contribution in [1.29, 1.82) is 0 Å². The first kappa shape index (κ1) is 35.2. The molecule has 1 aliphatic rings. The van der Waals surface area contributed by atoms with E-state index in [1.165, 1.54) is 12.4 Å². The van der Waals surface area contributed by atoms with Crippen molar-refractivity contribution in [2.45, 2.75) is 50.8 Å². The van der Waals surface area contributed by atoms with Gasteiger partial charge in [-0.15, -0.1) is 0 Å². The van der Waals surface area contributed by atoms with Crippen LogP contribution in [0.2, 0.25) is 5.02 Å². The molecule has 0 saturated heterocycles. The van der Waals surface area contributed by atoms with E-state index in [0.29, 0.717) is 31.4 Å². The third-order valence-corrected chi connectivity index (χ3v) is 6.70. The van der Waals surface area contributed by atoms with Gasteiger partial charge in [-0.1, -0.05) is 11.6 Å². The predicted octanol–water partition coefficient (Wildman–Crippen LogP) is 5.58. The zero-order chi connectivity index (χ0) is 33.3. The molecule has 2 aromatic heterocycles. The number of aldehydes is 1. The highest BCUT2D eigenvalue weighted by atomic mass is 35.5. The fourth-order valence-electron chi connectivity index (χ4n) is 3.92. The lowest BCUT2D eigenvalue weighted by molar-refractivity contribution is -0.138. The number of aromatic amines is 1. The Bertz CT molecular complexity index is 1570. The van der Waals surface area contributed by atoms with E-state index >= 15 is 0 Å². The molecule has 0 bridgehead atoms. The lowest BCUT2D eigenvalue weighted by Crippen LogP contribution is -2.24. The molecule has 0 amide bonds. The largest absolute Gasteiger partial charge is 0.423 e. The number of nitrogens with one attached hydrogen (secondary N) is 1. The normalized spacial score (nSPS) is 13.2. The Hall–Kier alpha value is -4.25. The number of aliphatic imine (C=N–C) groups is 1. The predicted molar refractivity (Wildman–Crippen MR) is 155 cm³/mol. The van der Waals surface area contributed by atoms with Crippen LogP contribution in [0.25, 0.3) is 11.4 Å². The maximum atomic E-state index is 14.8. The van der Waals surface area contributed by atoms with Gasteiger partial charge in [0.05, 0.1) is 41.8 Å². The lowest BCUT2D eigenvalue weighted by atomic mass is 10.1. The van der Waals surface area contributed by atoms with E-state index in [2.05, 4.69) is 24.8 Å². The van der Waals surface area contributed by atoms with Gasteiger partial charge >= 0.3 is 12.8 Å². The first-order valence-corrected chi connectivity index (χ1v) is 13.8. The molecule has 45 heavy (non-hydrogen) atoms. The Kier molecular flexibility index (Phi) is 12.3. The summed E-state index contributed by atoms with van der Waals surface area (Å²) in [6, 6.07) is 2.49. The summed E-state index contributed by atoms with van der Waals surface area (Å²) in [6.45, 7) is -2.12. The zero-order valence-corrected chi connectivity index (χ0v) is 24.5. The van der Waals surface area contributed by atoms with E-state index in [-0.39, 0.29) is 46.0 Å². The zero-order valence-electron chi connectivity index (χ0n) is 23.8. The minimum Gasteiger partial charge on any atom is -0.397 e. The monoisotopic (exact) mass is 662 g/mol. The van der Waals surface area contributed by atoms with Gasteiger partial charge in [0.2, 0.25) is 0 Å². The number of aromatic nitrogens is 4. The maximum absolute atomic E-state index is 14.8. The number of nitrogens with two attached hydrogens (primary N) is 2. The number of rotatable bonds is 12. The van der Waals surface area contributed by atoms with E-state index < -0.39 is 35.4 Å². The molecule has 1 fully saturated rings. The fraction of sp³-hybridized carbons (Fsp3) is 0.407. The van der Waals surface area contributed by atoms with Gasteiger partial charge in [-0.3, -0.25) is 9.59 Å². The van der Waals surface area contributed by atoms with Crippen LogP contribution in [0, 0.1) is 5.82 Å². The van der Waals surface area contributed by atoms with Crippen molar-refractivity contribution in [2.24, 2.45) is 4.99 Å². The summed E-state index contributed by atoms with van der Waals surface area (Å²) in [7, 11) is 1.79. The van der Waals surface area contributed by atoms with Gasteiger partial charge in [-0.2, -0.15) is 27.1 Å². The topological polar surface area (TPSA) is 165 Å². The number of carbonyl (C=O) groups is 1. The Balaban J connectivity index is 0.000000385. The van der Waals surface area contributed by atoms with E-state index in [4.69, 9.17) is 23.1 Å². The third kappa shape index (κ3) is 10.1. The molecule has 244 valence electrons. The van der Waals surface area contributed by atoms with E-state index in [0.717, 1.165) is 31.5 Å². The van der Waals surface area contributed by atoms with Crippen LogP contribution in [-0.4, -0.2) is 64.5 Å². The quantitative estimate of drug-likeness (QED) is 0.0738. The molecule has 0 spiro atoms. The number of nitrogens with zero attached hydrogens (tertiary/aromatic N) is 5. The van der Waals surface area contributed by atoms with Crippen LogP contribution in [-0.2, 0) is 10.9 Å². The summed E-state index contributed by atoms with van der Waals surface area (Å²) in [5.74, 6) is -0.318. The summed E-state index contributed by atoms with van der Waals surface area (Å²) in [5.41, 5.74) is 8.41. The summed E-state index contributed by atoms with van der Waals surface area (Å²) < 4.78 is 78.8. The van der Waals surface area contributed by atoms with Crippen molar-refractivity contribution >= 4 is 41.4 Å². The molecular formula is C27H29ClF6N8O3. The SMILES string of the molecule is CN(C=Nc1cc(-c2nc(N)c(Cl)c(C3CC3)n2)c(F)cc1C=O)CCCCCOC(F)F.Nc1cn[nH]c(=O)c1C(F)(F)F. The number of nitrogen functional groups attached to an aromatic ring is 2. The standard InChI is InChI=1S/C22H25ClF3N5O2.C5H4F3N3O/c1-31(7-3-2-4-8-33-22(25)26)12-28-17-10-15(16(24)9-14(17)11-32)21-29-19(13-5-6-13)18(23)20(27)30-21;6-5(7,8)3-2(9)1-10-11-4(3)12/h9-13,22H,2-8H2,1H3,(H2,27,29,30);1H,(H3,9,11,12). The van der Waals surface area contributed by atoms with Gasteiger partial charge in [0.25, 0.3) is 5.56 Å². The number of carbonyl (C=O) groups excluding carboxylic acids is 1. The number of benzene rings is 1. The van der Waals surface area contributed by atoms with Crippen molar-refractivity contribution in [1.82, 2.24) is 25.1 Å². The smallest absolute Gasteiger partial charge is 0.397 e. The number of H-pyrrole nitrogens is 1. The molecule has 0 radical (unpaired) electrons. The Labute approximate surface area is 257 Å². The van der Waals surface area contributed by atoms with Gasteiger partial charge in [0, 0.05) is 25.1 Å². The highest BCUT2D eigenvalue weighted by Gasteiger charge is 2.36. The second-order valence-corrected chi connectivity index (χ2v) is 10.2. The highest BCUT2D eigenvalue weighted by molar-refractivity contribution is 6.33. The van der Waals surface area contributed by atoms with Crippen LogP contribution in [0.15, 0.2) is 28.1 Å². The van der Waals surface area contributed by atoms with Crippen LogP contribution < -0.4 is 17.0 Å². The molecule has 0 aliphatic heterocycles. The molecular weight excluding hydrogens is 634 g/mol. The molecule has 3 aromatic rings. The average Bonchev–Trinajstić information content (AvgIpc) is 3.80. The van der Waals surface area contributed by atoms with Crippen molar-refractivity contribution in [3.05, 3.63) is 56.3 Å². The number of hydrogen-bond donors (Lipinski definition) is 3. The van der Waals surface area contributed by atoms with Crippen LogP contribution in [0.4, 0.5) is 43.5 Å². The minimum absolute atomic E-state index is 0.0102. The molecule has 18 heteroatoms. The molecule has 1 saturated carbocycles. The summed E-state index contributed by atoms with van der Waals surface area (Å²) in [6.07, 6.45) is 1.90. The third-order valence-electron chi connectivity index (χ3n) is 6.31. The fourth-order valence-corrected chi connectivity index (χ4v) is 4.16. The van der Waals surface area contributed by atoms with Gasteiger partial charge in [0.1, 0.15) is 22.2 Å². The Morgan fingerprint density at radius 3 is 2.49 bits per heavy atom. The number of anilines is 2. The Morgan fingerprint density at radius 1 is 1.20 bits per heavy atom. The molecule has 1 aliphatic carbocycles. The minimum atomic E-state index is -4.74. The first-order chi connectivity index (χ1) is 21.2. The van der Waals surface area contributed by atoms with Crippen molar-refractivity contribution in [2.75, 3.05) is 31.7 Å². The van der Waals surface area contributed by atoms with Crippen molar-refractivity contribution in [3.8, 4) is 11.4 Å². The van der Waals surface area contributed by atoms with Gasteiger partial charge in [-0.25, -0.2) is 24.4 Å². The number of hydrogen-bond acceptors (Lipinski definition) is 9. The van der Waals surface area contributed by atoms with Gasteiger partial charge in [-0.05, 0) is 44.2 Å². The van der Waals surface area contributed by atoms with E-state index in [9.17, 15) is 35.9 Å². The van der Waals surface area contributed by atoms with E-state index in [1.807, 2.05) is 0 Å². The maximum Gasteiger partial charge on any atom is 0.423 e.